The second-order valence-electron chi connectivity index (χ2n) is 5.54. The number of phenolic OH excluding ortho intramolecular Hbond substituents is 1. The van der Waals surface area contributed by atoms with Crippen molar-refractivity contribution >= 4 is 23.7 Å². The number of amides is 2. The monoisotopic (exact) mass is 386 g/mol. The Labute approximate surface area is 160 Å². The van der Waals surface area contributed by atoms with Crippen molar-refractivity contribution in [3.8, 4) is 11.5 Å². The molecule has 0 bridgehead atoms. The molecule has 0 radical (unpaired) electrons. The Kier molecular flexibility index (Phi) is 7.03. The van der Waals surface area contributed by atoms with E-state index >= 15 is 0 Å². The first-order chi connectivity index (χ1) is 13.4. The summed E-state index contributed by atoms with van der Waals surface area (Å²) >= 11 is 0. The van der Waals surface area contributed by atoms with Gasteiger partial charge in [-0.3, -0.25) is 19.7 Å². The topological polar surface area (TPSA) is 143 Å². The number of ether oxygens (including phenoxy) is 1. The molecule has 3 N–H and O–H groups in total. The molecule has 0 unspecified atom stereocenters. The zero-order valence-corrected chi connectivity index (χ0v) is 14.9. The van der Waals surface area contributed by atoms with Crippen molar-refractivity contribution < 1.29 is 24.4 Å². The number of nitrogens with zero attached hydrogens (tertiary/aromatic N) is 2. The summed E-state index contributed by atoms with van der Waals surface area (Å²) in [6.45, 7) is 0.279. The molecule has 0 saturated heterocycles. The third-order valence-electron chi connectivity index (χ3n) is 3.62. The number of benzene rings is 2. The van der Waals surface area contributed by atoms with Crippen LogP contribution in [0.5, 0.6) is 11.5 Å². The van der Waals surface area contributed by atoms with Gasteiger partial charge >= 0.3 is 17.5 Å². The van der Waals surface area contributed by atoms with Crippen molar-refractivity contribution in [2.45, 2.75) is 6.42 Å². The number of hydrogen-bond acceptors (Lipinski definition) is 7. The van der Waals surface area contributed by atoms with Crippen LogP contribution in [0.2, 0.25) is 0 Å². The van der Waals surface area contributed by atoms with Gasteiger partial charge in [0.25, 0.3) is 0 Å². The zero-order valence-electron chi connectivity index (χ0n) is 14.9. The van der Waals surface area contributed by atoms with Gasteiger partial charge in [0.1, 0.15) is 0 Å². The highest BCUT2D eigenvalue weighted by molar-refractivity contribution is 6.35. The lowest BCUT2D eigenvalue weighted by Gasteiger charge is -2.05. The number of hydrazone groups is 1. The van der Waals surface area contributed by atoms with Gasteiger partial charge in [-0.05, 0) is 18.1 Å². The van der Waals surface area contributed by atoms with Gasteiger partial charge in [-0.15, -0.1) is 0 Å². The second-order valence-corrected chi connectivity index (χ2v) is 5.54. The van der Waals surface area contributed by atoms with E-state index in [0.717, 1.165) is 17.8 Å². The summed E-state index contributed by atoms with van der Waals surface area (Å²) < 4.78 is 4.86. The molecule has 28 heavy (non-hydrogen) atoms. The number of hydrogen-bond donors (Lipinski definition) is 3. The largest absolute Gasteiger partial charge is 0.500 e. The number of rotatable bonds is 7. The molecule has 2 aromatic rings. The summed E-state index contributed by atoms with van der Waals surface area (Å²) in [6, 6.07) is 11.8. The predicted octanol–water partition coefficient (Wildman–Crippen LogP) is 1.12. The van der Waals surface area contributed by atoms with Gasteiger partial charge in [-0.2, -0.15) is 5.10 Å². The molecule has 0 aromatic heterocycles. The normalized spacial score (nSPS) is 10.5. The smallest absolute Gasteiger partial charge is 0.329 e. The first-order valence-corrected chi connectivity index (χ1v) is 8.13. The van der Waals surface area contributed by atoms with Crippen LogP contribution >= 0.6 is 0 Å². The Morgan fingerprint density at radius 3 is 2.61 bits per heavy atom. The fraction of sp³-hybridized carbons (Fsp3) is 0.167. The molecule has 2 amide bonds. The first-order valence-electron chi connectivity index (χ1n) is 8.13. The minimum atomic E-state index is -0.982. The number of methoxy groups -OCH3 is 1. The molecule has 0 fully saturated rings. The number of aromatic hydroxyl groups is 1. The number of phenols is 1. The highest BCUT2D eigenvalue weighted by Crippen LogP contribution is 2.36. The lowest BCUT2D eigenvalue weighted by atomic mass is 10.1. The minimum Gasteiger partial charge on any atom is -0.500 e. The highest BCUT2D eigenvalue weighted by atomic mass is 16.6. The molecule has 0 saturated carbocycles. The lowest BCUT2D eigenvalue weighted by Crippen LogP contribution is -2.38. The van der Waals surface area contributed by atoms with Gasteiger partial charge in [0, 0.05) is 18.2 Å². The highest BCUT2D eigenvalue weighted by Gasteiger charge is 2.19. The average Bonchev–Trinajstić information content (AvgIpc) is 2.69. The van der Waals surface area contributed by atoms with Crippen LogP contribution in [0.1, 0.15) is 11.1 Å². The maximum Gasteiger partial charge on any atom is 0.329 e. The van der Waals surface area contributed by atoms with E-state index < -0.39 is 28.2 Å². The predicted molar refractivity (Wildman–Crippen MR) is 100 cm³/mol. The summed E-state index contributed by atoms with van der Waals surface area (Å²) in [5.74, 6) is -2.58. The molecular weight excluding hydrogens is 368 g/mol. The maximum absolute atomic E-state index is 11.7. The lowest BCUT2D eigenvalue weighted by molar-refractivity contribution is -0.386. The molecular formula is C18H18N4O6. The van der Waals surface area contributed by atoms with E-state index in [1.165, 1.54) is 13.2 Å². The Morgan fingerprint density at radius 2 is 1.96 bits per heavy atom. The number of nitro benzene ring substituents is 1. The number of carbonyl (C=O) groups is 2. The minimum absolute atomic E-state index is 0.124. The molecule has 2 aromatic carbocycles. The van der Waals surface area contributed by atoms with Crippen molar-refractivity contribution in [1.82, 2.24) is 10.7 Å². The molecule has 0 aliphatic carbocycles. The SMILES string of the molecule is COc1cc(/C=N\NC(=O)C(=O)NCCc2ccccc2)cc([N+](=O)[O-])c1O. The Morgan fingerprint density at radius 1 is 1.25 bits per heavy atom. The van der Waals surface area contributed by atoms with Gasteiger partial charge in [-0.1, -0.05) is 30.3 Å². The standard InChI is InChI=1S/C18H18N4O6/c1-28-15-10-13(9-14(16(15)23)22(26)27)11-20-21-18(25)17(24)19-8-7-12-5-3-2-4-6-12/h2-6,9-11,23H,7-8H2,1H3,(H,19,24)(H,21,25)/b20-11-. The molecule has 10 nitrogen and oxygen atoms in total. The maximum atomic E-state index is 11.7. The summed E-state index contributed by atoms with van der Waals surface area (Å²) in [5.41, 5.74) is 2.65. The number of nitrogens with one attached hydrogen (secondary N) is 2. The third-order valence-corrected chi connectivity index (χ3v) is 3.62. The van der Waals surface area contributed by atoms with Crippen LogP contribution in [0.25, 0.3) is 0 Å². The molecule has 0 aliphatic rings. The van der Waals surface area contributed by atoms with Gasteiger partial charge in [-0.25, -0.2) is 5.43 Å². The first kappa shape index (κ1) is 20.4. The van der Waals surface area contributed by atoms with E-state index in [0.29, 0.717) is 6.42 Å². The van der Waals surface area contributed by atoms with Gasteiger partial charge < -0.3 is 15.2 Å². The summed E-state index contributed by atoms with van der Waals surface area (Å²) in [5, 5.41) is 26.7. The zero-order chi connectivity index (χ0) is 20.5. The van der Waals surface area contributed by atoms with Gasteiger partial charge in [0.15, 0.2) is 5.75 Å². The molecule has 0 atom stereocenters. The average molecular weight is 386 g/mol. The van der Waals surface area contributed by atoms with E-state index in [1.54, 1.807) is 0 Å². The van der Waals surface area contributed by atoms with Crippen LogP contribution in [0.3, 0.4) is 0 Å². The van der Waals surface area contributed by atoms with Crippen molar-refractivity contribution in [2.24, 2.45) is 5.10 Å². The van der Waals surface area contributed by atoms with Crippen LogP contribution in [-0.2, 0) is 16.0 Å². The molecule has 0 heterocycles. The Hall–Kier alpha value is -3.95. The Balaban J connectivity index is 1.91. The van der Waals surface area contributed by atoms with Crippen molar-refractivity contribution in [3.63, 3.8) is 0 Å². The molecule has 2 rings (SSSR count). The second kappa shape index (κ2) is 9.67. The van der Waals surface area contributed by atoms with Crippen LogP contribution in [0.15, 0.2) is 47.6 Å². The van der Waals surface area contributed by atoms with Crippen molar-refractivity contribution in [2.75, 3.05) is 13.7 Å². The quantitative estimate of drug-likeness (QED) is 0.282. The number of carbonyl (C=O) groups excluding carboxylic acids is 2. The summed E-state index contributed by atoms with van der Waals surface area (Å²) in [7, 11) is 1.24. The van der Waals surface area contributed by atoms with Crippen LogP contribution in [0.4, 0.5) is 5.69 Å². The molecule has 0 spiro atoms. The van der Waals surface area contributed by atoms with E-state index in [2.05, 4.69) is 10.4 Å². The van der Waals surface area contributed by atoms with E-state index in [1.807, 2.05) is 35.8 Å². The van der Waals surface area contributed by atoms with Gasteiger partial charge in [0.2, 0.25) is 5.75 Å². The Bertz CT molecular complexity index is 898. The van der Waals surface area contributed by atoms with E-state index in [-0.39, 0.29) is 17.9 Å². The molecule has 146 valence electrons. The van der Waals surface area contributed by atoms with E-state index in [9.17, 15) is 24.8 Å². The van der Waals surface area contributed by atoms with Crippen molar-refractivity contribution in [3.05, 3.63) is 63.7 Å². The summed E-state index contributed by atoms with van der Waals surface area (Å²) in [6.07, 6.45) is 1.66. The van der Waals surface area contributed by atoms with Crippen molar-refractivity contribution in [1.29, 1.82) is 0 Å². The third kappa shape index (κ3) is 5.53. The van der Waals surface area contributed by atoms with E-state index in [4.69, 9.17) is 4.74 Å². The fourth-order valence-corrected chi connectivity index (χ4v) is 2.24. The number of nitro groups is 1. The van der Waals surface area contributed by atoms with Crippen LogP contribution in [-0.4, -0.2) is 41.7 Å². The van der Waals surface area contributed by atoms with Crippen LogP contribution < -0.4 is 15.5 Å². The molecule has 0 aliphatic heterocycles. The van der Waals surface area contributed by atoms with Crippen LogP contribution in [0, 0.1) is 10.1 Å². The summed E-state index contributed by atoms with van der Waals surface area (Å²) in [4.78, 5) is 33.6. The fourth-order valence-electron chi connectivity index (χ4n) is 2.24. The molecule has 10 heteroatoms. The van der Waals surface area contributed by atoms with Gasteiger partial charge in [0.05, 0.1) is 18.2 Å².